The minimum atomic E-state index is 0.985. The van der Waals surface area contributed by atoms with E-state index in [4.69, 9.17) is 0 Å². The maximum absolute atomic E-state index is 2.61. The van der Waals surface area contributed by atoms with E-state index in [9.17, 15) is 0 Å². The van der Waals surface area contributed by atoms with Crippen molar-refractivity contribution < 1.29 is 0 Å². The number of rotatable bonds is 2. The third kappa shape index (κ3) is 3.86. The fourth-order valence-corrected chi connectivity index (χ4v) is 10.9. The van der Waals surface area contributed by atoms with E-state index in [1.165, 1.54) is 12.8 Å². The van der Waals surface area contributed by atoms with Crippen LogP contribution in [0.25, 0.3) is 0 Å². The normalized spacial score (nSPS) is 58.0. The second-order valence-corrected chi connectivity index (χ2v) is 13.7. The summed E-state index contributed by atoms with van der Waals surface area (Å²) in [4.78, 5) is 0. The molecule has 0 aromatic rings. The van der Waals surface area contributed by atoms with Gasteiger partial charge in [0.2, 0.25) is 0 Å². The third-order valence-corrected chi connectivity index (χ3v) is 11.0. The van der Waals surface area contributed by atoms with Gasteiger partial charge in [0.05, 0.1) is 0 Å². The summed E-state index contributed by atoms with van der Waals surface area (Å²) in [6, 6.07) is 0. The van der Waals surface area contributed by atoms with Crippen molar-refractivity contribution in [3.05, 3.63) is 0 Å². The van der Waals surface area contributed by atoms with E-state index in [0.29, 0.717) is 0 Å². The summed E-state index contributed by atoms with van der Waals surface area (Å²) in [7, 11) is 0. The molecule has 5 saturated carbocycles. The average Bonchev–Trinajstić information content (AvgIpc) is 3.23. The first kappa shape index (κ1) is 20.9. The van der Waals surface area contributed by atoms with E-state index in [1.807, 2.05) is 0 Å². The zero-order valence-corrected chi connectivity index (χ0v) is 20.3. The van der Waals surface area contributed by atoms with Gasteiger partial charge in [-0.05, 0) is 141 Å². The molecule has 0 aromatic heterocycles. The average molecular weight is 399 g/mol. The quantitative estimate of drug-likeness (QED) is 0.437. The molecule has 11 atom stereocenters. The molecule has 0 heteroatoms. The molecule has 0 bridgehead atoms. The highest BCUT2D eigenvalue weighted by Crippen LogP contribution is 2.65. The number of fused-ring (bicyclic) bond motifs is 2. The van der Waals surface area contributed by atoms with Gasteiger partial charge in [-0.15, -0.1) is 0 Å². The first-order valence-corrected chi connectivity index (χ1v) is 13.9. The van der Waals surface area contributed by atoms with Gasteiger partial charge in [-0.3, -0.25) is 0 Å². The number of hydrogen-bond acceptors (Lipinski definition) is 0. The lowest BCUT2D eigenvalue weighted by Gasteiger charge is -2.55. The molecule has 0 saturated heterocycles. The van der Waals surface area contributed by atoms with Crippen molar-refractivity contribution in [2.75, 3.05) is 0 Å². The highest BCUT2D eigenvalue weighted by atomic mass is 14.6. The monoisotopic (exact) mass is 398 g/mol. The summed E-state index contributed by atoms with van der Waals surface area (Å²) >= 11 is 0. The van der Waals surface area contributed by atoms with Crippen molar-refractivity contribution in [3.8, 4) is 0 Å². The molecule has 0 heterocycles. The van der Waals surface area contributed by atoms with Crippen LogP contribution >= 0.6 is 0 Å². The molecular formula is C29H50. The summed E-state index contributed by atoms with van der Waals surface area (Å²) in [5.41, 5.74) is 0. The van der Waals surface area contributed by atoms with E-state index in [0.717, 1.165) is 76.9 Å². The minimum Gasteiger partial charge on any atom is -0.0625 e. The minimum absolute atomic E-state index is 0.985. The fourth-order valence-electron chi connectivity index (χ4n) is 10.9. The third-order valence-electron chi connectivity index (χ3n) is 11.0. The van der Waals surface area contributed by atoms with Crippen molar-refractivity contribution in [3.63, 3.8) is 0 Å². The fraction of sp³-hybridized carbons (Fsp3) is 1.00. The van der Waals surface area contributed by atoms with Crippen molar-refractivity contribution in [2.45, 2.75) is 105 Å². The SMILES string of the molecule is CC1CC(C)CC(C2C3CCCC3[C@H](C3CC(C)CC(C)C3)C3CC(C)CC23)C1. The summed E-state index contributed by atoms with van der Waals surface area (Å²) in [5, 5.41) is 0. The molecule has 0 radical (unpaired) electrons. The van der Waals surface area contributed by atoms with Crippen LogP contribution in [0.1, 0.15) is 105 Å². The number of hydrogen-bond donors (Lipinski definition) is 0. The Hall–Kier alpha value is 0. The zero-order valence-electron chi connectivity index (χ0n) is 20.3. The second-order valence-electron chi connectivity index (χ2n) is 13.7. The Bertz CT molecular complexity index is 496. The van der Waals surface area contributed by atoms with Crippen molar-refractivity contribution in [1.29, 1.82) is 0 Å². The van der Waals surface area contributed by atoms with Crippen LogP contribution in [0.5, 0.6) is 0 Å². The van der Waals surface area contributed by atoms with E-state index < -0.39 is 0 Å². The van der Waals surface area contributed by atoms with Gasteiger partial charge in [-0.2, -0.15) is 0 Å². The van der Waals surface area contributed by atoms with E-state index >= 15 is 0 Å². The second kappa shape index (κ2) is 8.16. The first-order valence-electron chi connectivity index (χ1n) is 13.9. The Morgan fingerprint density at radius 2 is 0.724 bits per heavy atom. The predicted molar refractivity (Wildman–Crippen MR) is 125 cm³/mol. The molecule has 0 aliphatic heterocycles. The molecule has 0 nitrogen and oxygen atoms in total. The molecular weight excluding hydrogens is 348 g/mol. The largest absolute Gasteiger partial charge is 0.0625 e. The van der Waals surface area contributed by atoms with Crippen LogP contribution in [-0.4, -0.2) is 0 Å². The van der Waals surface area contributed by atoms with E-state index in [1.54, 1.807) is 57.8 Å². The van der Waals surface area contributed by atoms with Crippen LogP contribution in [-0.2, 0) is 0 Å². The van der Waals surface area contributed by atoms with Crippen LogP contribution in [0.4, 0.5) is 0 Å². The van der Waals surface area contributed by atoms with Crippen molar-refractivity contribution >= 4 is 0 Å². The molecule has 0 spiro atoms. The van der Waals surface area contributed by atoms with E-state index in [-0.39, 0.29) is 0 Å². The molecule has 5 fully saturated rings. The maximum atomic E-state index is 2.61. The van der Waals surface area contributed by atoms with Gasteiger partial charge in [0.15, 0.2) is 0 Å². The molecule has 166 valence electrons. The Kier molecular flexibility index (Phi) is 5.88. The molecule has 0 amide bonds. The lowest BCUT2D eigenvalue weighted by Crippen LogP contribution is -2.49. The summed E-state index contributed by atoms with van der Waals surface area (Å²) in [6.45, 7) is 12.9. The predicted octanol–water partition coefficient (Wildman–Crippen LogP) is 8.46. The van der Waals surface area contributed by atoms with Gasteiger partial charge in [0.1, 0.15) is 0 Å². The van der Waals surface area contributed by atoms with Gasteiger partial charge in [-0.1, -0.05) is 41.0 Å². The van der Waals surface area contributed by atoms with E-state index in [2.05, 4.69) is 34.6 Å². The Balaban J connectivity index is 1.45. The van der Waals surface area contributed by atoms with Crippen LogP contribution in [0.3, 0.4) is 0 Å². The van der Waals surface area contributed by atoms with Crippen molar-refractivity contribution in [1.82, 2.24) is 0 Å². The Labute approximate surface area is 182 Å². The first-order chi connectivity index (χ1) is 13.9. The van der Waals surface area contributed by atoms with Crippen LogP contribution in [0.15, 0.2) is 0 Å². The molecule has 0 aromatic carbocycles. The van der Waals surface area contributed by atoms with Gasteiger partial charge < -0.3 is 0 Å². The zero-order chi connectivity index (χ0) is 20.3. The lowest BCUT2D eigenvalue weighted by atomic mass is 9.50. The standard InChI is InChI=1S/C29H50/c1-17-9-18(2)12-22(11-17)28-24-7-6-8-25(24)29(27-16-21(5)15-26(27)28)23-13-19(3)10-20(4)14-23/h17-29H,6-16H2,1-5H3/t17?,18?,19?,20?,21?,22?,23?,24?,25?,26?,27?,28-,29?/m0/s1. The van der Waals surface area contributed by atoms with Gasteiger partial charge in [-0.25, -0.2) is 0 Å². The molecule has 5 rings (SSSR count). The molecule has 5 aliphatic carbocycles. The lowest BCUT2D eigenvalue weighted by molar-refractivity contribution is -0.0691. The highest BCUT2D eigenvalue weighted by molar-refractivity contribution is 5.06. The topological polar surface area (TPSA) is 0 Å². The van der Waals surface area contributed by atoms with Crippen LogP contribution in [0.2, 0.25) is 0 Å². The Morgan fingerprint density at radius 1 is 0.379 bits per heavy atom. The summed E-state index contributed by atoms with van der Waals surface area (Å²) in [6.07, 6.45) is 17.2. The Morgan fingerprint density at radius 3 is 1.10 bits per heavy atom. The summed E-state index contributed by atoms with van der Waals surface area (Å²) < 4.78 is 0. The molecule has 29 heavy (non-hydrogen) atoms. The van der Waals surface area contributed by atoms with Gasteiger partial charge >= 0.3 is 0 Å². The maximum Gasteiger partial charge on any atom is -0.0323 e. The van der Waals surface area contributed by atoms with Crippen LogP contribution < -0.4 is 0 Å². The van der Waals surface area contributed by atoms with Gasteiger partial charge in [0, 0.05) is 0 Å². The molecule has 5 aliphatic rings. The van der Waals surface area contributed by atoms with Gasteiger partial charge in [0.25, 0.3) is 0 Å². The summed E-state index contributed by atoms with van der Waals surface area (Å²) in [5.74, 6) is 13.7. The molecule has 10 unspecified atom stereocenters. The van der Waals surface area contributed by atoms with Crippen LogP contribution in [0, 0.1) is 76.9 Å². The molecule has 0 N–H and O–H groups in total. The smallest absolute Gasteiger partial charge is 0.0323 e. The highest BCUT2D eigenvalue weighted by Gasteiger charge is 2.57. The van der Waals surface area contributed by atoms with Crippen molar-refractivity contribution in [2.24, 2.45) is 76.9 Å².